The number of halogens is 1. The molecule has 0 radical (unpaired) electrons. The predicted octanol–water partition coefficient (Wildman–Crippen LogP) is 4.11. The first-order valence-corrected chi connectivity index (χ1v) is 6.97. The average molecular weight is 252 g/mol. The number of hydrogen-bond acceptors (Lipinski definition) is 1. The molecule has 0 aromatic heterocycles. The van der Waals surface area contributed by atoms with E-state index in [1.54, 1.807) is 0 Å². The molecule has 0 saturated carbocycles. The van der Waals surface area contributed by atoms with Crippen LogP contribution < -0.4 is 5.32 Å². The van der Waals surface area contributed by atoms with E-state index in [0.29, 0.717) is 0 Å². The topological polar surface area (TPSA) is 12.0 Å². The largest absolute Gasteiger partial charge is 0.311 e. The first-order valence-electron chi connectivity index (χ1n) is 6.59. The van der Waals surface area contributed by atoms with Gasteiger partial charge in [-0.1, -0.05) is 36.6 Å². The predicted molar refractivity (Wildman–Crippen MR) is 74.8 cm³/mol. The number of rotatable bonds is 2. The van der Waals surface area contributed by atoms with Gasteiger partial charge in [0.15, 0.2) is 0 Å². The minimum Gasteiger partial charge on any atom is -0.311 e. The van der Waals surface area contributed by atoms with Gasteiger partial charge in [0.25, 0.3) is 0 Å². The molecule has 1 N–H and O–H groups in total. The molecule has 2 heteroatoms. The highest BCUT2D eigenvalue weighted by atomic mass is 35.5. The highest BCUT2D eigenvalue weighted by Gasteiger charge is 2.25. The monoisotopic (exact) mass is 251 g/mol. The second-order valence-electron chi connectivity index (χ2n) is 5.57. The van der Waals surface area contributed by atoms with Gasteiger partial charge in [-0.25, -0.2) is 0 Å². The van der Waals surface area contributed by atoms with Crippen LogP contribution in [0, 0.1) is 6.92 Å². The van der Waals surface area contributed by atoms with Gasteiger partial charge in [0.1, 0.15) is 0 Å². The molecule has 94 valence electrons. The summed E-state index contributed by atoms with van der Waals surface area (Å²) in [7, 11) is 0. The van der Waals surface area contributed by atoms with Crippen LogP contribution in [0.15, 0.2) is 18.2 Å². The molecular weight excluding hydrogens is 230 g/mol. The summed E-state index contributed by atoms with van der Waals surface area (Å²) in [6.45, 7) is 5.55. The second kappa shape index (κ2) is 5.41. The van der Waals surface area contributed by atoms with Crippen LogP contribution in [0.4, 0.5) is 0 Å². The Balaban J connectivity index is 2.12. The molecule has 0 aliphatic carbocycles. The Hall–Kier alpha value is -0.530. The third kappa shape index (κ3) is 3.46. The third-order valence-corrected chi connectivity index (χ3v) is 4.10. The Bertz CT molecular complexity index is 379. The molecule has 2 rings (SSSR count). The van der Waals surface area contributed by atoms with Crippen molar-refractivity contribution >= 4 is 11.6 Å². The van der Waals surface area contributed by atoms with Crippen molar-refractivity contribution < 1.29 is 0 Å². The molecule has 1 nitrogen and oxygen atoms in total. The molecule has 1 fully saturated rings. The number of benzene rings is 1. The highest BCUT2D eigenvalue weighted by Crippen LogP contribution is 2.27. The lowest BCUT2D eigenvalue weighted by molar-refractivity contribution is 0.345. The molecule has 1 saturated heterocycles. The Kier molecular flexibility index (Phi) is 4.11. The maximum absolute atomic E-state index is 6.32. The Morgan fingerprint density at radius 1 is 1.29 bits per heavy atom. The lowest BCUT2D eigenvalue weighted by Crippen LogP contribution is -2.43. The molecule has 1 aliphatic heterocycles. The minimum atomic E-state index is 0.218. The molecule has 1 heterocycles. The maximum atomic E-state index is 6.32. The molecule has 1 unspecified atom stereocenters. The molecule has 1 aromatic rings. The van der Waals surface area contributed by atoms with Crippen LogP contribution in [0.1, 0.15) is 43.7 Å². The number of nitrogens with one attached hydrogen (secondary N) is 1. The molecule has 0 bridgehead atoms. The van der Waals surface area contributed by atoms with Gasteiger partial charge in [-0.15, -0.1) is 0 Å². The fourth-order valence-corrected chi connectivity index (χ4v) is 2.96. The summed E-state index contributed by atoms with van der Waals surface area (Å²) in [5.74, 6) is 0. The highest BCUT2D eigenvalue weighted by molar-refractivity contribution is 6.31. The lowest BCUT2D eigenvalue weighted by Gasteiger charge is -2.30. The van der Waals surface area contributed by atoms with Crippen molar-refractivity contribution in [3.05, 3.63) is 34.3 Å². The Morgan fingerprint density at radius 2 is 2.12 bits per heavy atom. The van der Waals surface area contributed by atoms with Crippen LogP contribution >= 0.6 is 11.6 Å². The van der Waals surface area contributed by atoms with Crippen molar-refractivity contribution in [3.8, 4) is 0 Å². The lowest BCUT2D eigenvalue weighted by atomic mass is 9.88. The van der Waals surface area contributed by atoms with E-state index in [1.165, 1.54) is 36.8 Å². The SMILES string of the molecule is Cc1ccc(CC2(C)CCCCCN2)c(Cl)c1. The zero-order valence-corrected chi connectivity index (χ0v) is 11.6. The van der Waals surface area contributed by atoms with Gasteiger partial charge in [0.05, 0.1) is 0 Å². The van der Waals surface area contributed by atoms with Crippen molar-refractivity contribution in [3.63, 3.8) is 0 Å². The van der Waals surface area contributed by atoms with E-state index >= 15 is 0 Å². The van der Waals surface area contributed by atoms with E-state index in [9.17, 15) is 0 Å². The standard InChI is InChI=1S/C15H22ClN/c1-12-6-7-13(14(16)10-12)11-15(2)8-4-3-5-9-17-15/h6-7,10,17H,3-5,8-9,11H2,1-2H3. The Morgan fingerprint density at radius 3 is 2.88 bits per heavy atom. The molecule has 0 spiro atoms. The normalized spacial score (nSPS) is 25.6. The second-order valence-corrected chi connectivity index (χ2v) is 5.98. The number of aryl methyl sites for hydroxylation is 1. The summed E-state index contributed by atoms with van der Waals surface area (Å²) in [6, 6.07) is 6.40. The molecular formula is C15H22ClN. The van der Waals surface area contributed by atoms with Crippen molar-refractivity contribution in [2.24, 2.45) is 0 Å². The molecule has 17 heavy (non-hydrogen) atoms. The summed E-state index contributed by atoms with van der Waals surface area (Å²) in [6.07, 6.45) is 6.26. The van der Waals surface area contributed by atoms with Gasteiger partial charge in [0, 0.05) is 10.6 Å². The van der Waals surface area contributed by atoms with Gasteiger partial charge >= 0.3 is 0 Å². The molecule has 1 aliphatic rings. The zero-order chi connectivity index (χ0) is 12.3. The van der Waals surface area contributed by atoms with Crippen LogP contribution in [0.5, 0.6) is 0 Å². The van der Waals surface area contributed by atoms with Crippen molar-refractivity contribution in [1.29, 1.82) is 0 Å². The van der Waals surface area contributed by atoms with Gasteiger partial charge < -0.3 is 5.32 Å². The van der Waals surface area contributed by atoms with Gasteiger partial charge in [-0.05, 0) is 56.8 Å². The van der Waals surface area contributed by atoms with Crippen LogP contribution in [0.2, 0.25) is 5.02 Å². The summed E-state index contributed by atoms with van der Waals surface area (Å²) >= 11 is 6.32. The van der Waals surface area contributed by atoms with Crippen LogP contribution in [0.25, 0.3) is 0 Å². The van der Waals surface area contributed by atoms with Gasteiger partial charge in [-0.3, -0.25) is 0 Å². The van der Waals surface area contributed by atoms with Crippen LogP contribution in [0.3, 0.4) is 0 Å². The third-order valence-electron chi connectivity index (χ3n) is 3.75. The Labute approximate surface area is 110 Å². The van der Waals surface area contributed by atoms with Gasteiger partial charge in [-0.2, -0.15) is 0 Å². The van der Waals surface area contributed by atoms with Crippen molar-refractivity contribution in [2.45, 2.75) is 51.5 Å². The van der Waals surface area contributed by atoms with E-state index in [4.69, 9.17) is 11.6 Å². The first-order chi connectivity index (χ1) is 8.09. The quantitative estimate of drug-likeness (QED) is 0.834. The average Bonchev–Trinajstić information content (AvgIpc) is 2.48. The summed E-state index contributed by atoms with van der Waals surface area (Å²) < 4.78 is 0. The van der Waals surface area contributed by atoms with E-state index in [2.05, 4.69) is 37.4 Å². The fraction of sp³-hybridized carbons (Fsp3) is 0.600. The molecule has 0 amide bonds. The summed E-state index contributed by atoms with van der Waals surface area (Å²) in [5.41, 5.74) is 2.72. The minimum absolute atomic E-state index is 0.218. The number of hydrogen-bond donors (Lipinski definition) is 1. The van der Waals surface area contributed by atoms with E-state index in [-0.39, 0.29) is 5.54 Å². The zero-order valence-electron chi connectivity index (χ0n) is 10.9. The summed E-state index contributed by atoms with van der Waals surface area (Å²) in [4.78, 5) is 0. The maximum Gasteiger partial charge on any atom is 0.0441 e. The van der Waals surface area contributed by atoms with Crippen LogP contribution in [-0.4, -0.2) is 12.1 Å². The smallest absolute Gasteiger partial charge is 0.0441 e. The van der Waals surface area contributed by atoms with E-state index in [0.717, 1.165) is 18.0 Å². The van der Waals surface area contributed by atoms with E-state index < -0.39 is 0 Å². The summed E-state index contributed by atoms with van der Waals surface area (Å²) in [5, 5.41) is 4.60. The van der Waals surface area contributed by atoms with Crippen LogP contribution in [-0.2, 0) is 6.42 Å². The molecule has 1 atom stereocenters. The molecule has 1 aromatic carbocycles. The van der Waals surface area contributed by atoms with Crippen molar-refractivity contribution in [2.75, 3.05) is 6.54 Å². The van der Waals surface area contributed by atoms with E-state index in [1.807, 2.05) is 0 Å². The first kappa shape index (κ1) is 12.9. The fourth-order valence-electron chi connectivity index (χ4n) is 2.66. The van der Waals surface area contributed by atoms with Crippen molar-refractivity contribution in [1.82, 2.24) is 5.32 Å². The van der Waals surface area contributed by atoms with Gasteiger partial charge in [0.2, 0.25) is 0 Å².